The molecule has 0 saturated carbocycles. The lowest BCUT2D eigenvalue weighted by atomic mass is 10.5. The molecule has 96 valence electrons. The second kappa shape index (κ2) is 6.82. The van der Waals surface area contributed by atoms with Crippen molar-refractivity contribution in [3.05, 3.63) is 0 Å². The second-order valence-corrected chi connectivity index (χ2v) is 5.57. The lowest BCUT2D eigenvalue weighted by Gasteiger charge is -2.23. The predicted octanol–water partition coefficient (Wildman–Crippen LogP) is 0.0679. The first-order chi connectivity index (χ1) is 7.36. The van der Waals surface area contributed by atoms with Crippen molar-refractivity contribution in [1.29, 1.82) is 0 Å². The maximum absolute atomic E-state index is 11.8. The van der Waals surface area contributed by atoms with Crippen LogP contribution in [0.2, 0.25) is 0 Å². The molecule has 0 aromatic carbocycles. The maximum atomic E-state index is 11.8. The van der Waals surface area contributed by atoms with E-state index in [-0.39, 0.29) is 13.2 Å². The van der Waals surface area contributed by atoms with Crippen LogP contribution in [0.15, 0.2) is 0 Å². The van der Waals surface area contributed by atoms with Crippen LogP contribution in [0.1, 0.15) is 20.3 Å². The Morgan fingerprint density at radius 2 is 1.81 bits per heavy atom. The predicted molar refractivity (Wildman–Crippen MR) is 61.1 cm³/mol. The summed E-state index contributed by atoms with van der Waals surface area (Å²) in [5.41, 5.74) is 0. The minimum absolute atomic E-state index is 0.234. The molecule has 0 spiro atoms. The number of ether oxygens (including phenoxy) is 1. The van der Waals surface area contributed by atoms with Crippen molar-refractivity contribution in [3.8, 4) is 0 Å². The highest BCUT2D eigenvalue weighted by Crippen LogP contribution is 2.05. The van der Waals surface area contributed by atoms with Crippen LogP contribution < -0.4 is 0 Å². The van der Waals surface area contributed by atoms with Crippen molar-refractivity contribution < 1.29 is 17.9 Å². The molecular formula is C9H20N2O4S. The number of carbonyl (C=O) groups is 1. The Bertz CT molecular complexity index is 313. The topological polar surface area (TPSA) is 66.9 Å². The van der Waals surface area contributed by atoms with Gasteiger partial charge < -0.3 is 4.74 Å². The minimum Gasteiger partial charge on any atom is -0.465 e. The Morgan fingerprint density at radius 3 is 2.19 bits per heavy atom. The van der Waals surface area contributed by atoms with E-state index in [1.807, 2.05) is 6.92 Å². The first kappa shape index (κ1) is 15.3. The summed E-state index contributed by atoms with van der Waals surface area (Å²) in [6.45, 7) is 3.86. The van der Waals surface area contributed by atoms with Crippen LogP contribution in [-0.4, -0.2) is 56.8 Å². The highest BCUT2D eigenvalue weighted by Gasteiger charge is 2.26. The van der Waals surface area contributed by atoms with Gasteiger partial charge in [0.15, 0.2) is 0 Å². The van der Waals surface area contributed by atoms with Crippen molar-refractivity contribution in [2.75, 3.05) is 33.8 Å². The van der Waals surface area contributed by atoms with Crippen LogP contribution >= 0.6 is 0 Å². The molecule has 0 amide bonds. The van der Waals surface area contributed by atoms with E-state index in [1.165, 1.54) is 14.1 Å². The fraction of sp³-hybridized carbons (Fsp3) is 0.889. The van der Waals surface area contributed by atoms with Gasteiger partial charge in [0.1, 0.15) is 6.54 Å². The average Bonchev–Trinajstić information content (AvgIpc) is 2.17. The average molecular weight is 252 g/mol. The van der Waals surface area contributed by atoms with Gasteiger partial charge in [-0.1, -0.05) is 6.92 Å². The van der Waals surface area contributed by atoms with Gasteiger partial charge in [-0.25, -0.2) is 0 Å². The molecule has 0 bridgehead atoms. The largest absolute Gasteiger partial charge is 0.465 e. The molecule has 0 N–H and O–H groups in total. The molecule has 0 fully saturated rings. The lowest BCUT2D eigenvalue weighted by Crippen LogP contribution is -2.43. The van der Waals surface area contributed by atoms with Crippen LogP contribution in [-0.2, 0) is 19.7 Å². The molecule has 0 aromatic rings. The van der Waals surface area contributed by atoms with Gasteiger partial charge in [0.05, 0.1) is 6.61 Å². The quantitative estimate of drug-likeness (QED) is 0.601. The first-order valence-corrected chi connectivity index (χ1v) is 6.59. The van der Waals surface area contributed by atoms with Crippen LogP contribution in [0.3, 0.4) is 0 Å². The zero-order valence-electron chi connectivity index (χ0n) is 10.3. The second-order valence-electron chi connectivity index (χ2n) is 3.43. The van der Waals surface area contributed by atoms with E-state index in [4.69, 9.17) is 4.74 Å². The maximum Gasteiger partial charge on any atom is 0.321 e. The summed E-state index contributed by atoms with van der Waals surface area (Å²) in [5.74, 6) is -0.527. The number of hydrogen-bond acceptors (Lipinski definition) is 4. The lowest BCUT2D eigenvalue weighted by molar-refractivity contribution is -0.143. The summed E-state index contributed by atoms with van der Waals surface area (Å²) >= 11 is 0. The number of rotatable bonds is 7. The standard InChI is InChI=1S/C9H20N2O4S/c1-5-7-11(8-9(12)15-6-2)16(13,14)10(3)4/h5-8H2,1-4H3. The van der Waals surface area contributed by atoms with Crippen molar-refractivity contribution in [2.24, 2.45) is 0 Å². The number of carbonyl (C=O) groups excluding carboxylic acids is 1. The summed E-state index contributed by atoms with van der Waals surface area (Å²) < 4.78 is 30.5. The SMILES string of the molecule is CCCN(CC(=O)OCC)S(=O)(=O)N(C)C. The fourth-order valence-corrected chi connectivity index (χ4v) is 2.25. The minimum atomic E-state index is -3.55. The van der Waals surface area contributed by atoms with Gasteiger partial charge in [-0.05, 0) is 13.3 Å². The van der Waals surface area contributed by atoms with Crippen molar-refractivity contribution >= 4 is 16.2 Å². The van der Waals surface area contributed by atoms with Gasteiger partial charge in [-0.15, -0.1) is 0 Å². The molecule has 0 aliphatic rings. The summed E-state index contributed by atoms with van der Waals surface area (Å²) in [5, 5.41) is 0. The van der Waals surface area contributed by atoms with Gasteiger partial charge in [0, 0.05) is 20.6 Å². The van der Waals surface area contributed by atoms with E-state index in [0.717, 1.165) is 8.61 Å². The Labute approximate surface area is 97.3 Å². The van der Waals surface area contributed by atoms with Crippen molar-refractivity contribution in [2.45, 2.75) is 20.3 Å². The van der Waals surface area contributed by atoms with E-state index in [0.29, 0.717) is 13.0 Å². The third-order valence-electron chi connectivity index (χ3n) is 1.87. The van der Waals surface area contributed by atoms with E-state index in [9.17, 15) is 13.2 Å². The summed E-state index contributed by atoms with van der Waals surface area (Å²) in [6, 6.07) is 0. The molecule has 0 unspecified atom stereocenters. The monoisotopic (exact) mass is 252 g/mol. The van der Waals surface area contributed by atoms with Crippen LogP contribution in [0.25, 0.3) is 0 Å². The molecule has 7 heteroatoms. The van der Waals surface area contributed by atoms with Gasteiger partial charge in [-0.2, -0.15) is 17.0 Å². The van der Waals surface area contributed by atoms with Crippen LogP contribution in [0.5, 0.6) is 0 Å². The normalized spacial score (nSPS) is 12.1. The number of esters is 1. The highest BCUT2D eigenvalue weighted by atomic mass is 32.2. The van der Waals surface area contributed by atoms with Gasteiger partial charge in [0.25, 0.3) is 10.2 Å². The van der Waals surface area contributed by atoms with Crippen molar-refractivity contribution in [3.63, 3.8) is 0 Å². The Hall–Kier alpha value is -0.660. The molecule has 0 rings (SSSR count). The number of nitrogens with zero attached hydrogens (tertiary/aromatic N) is 2. The Morgan fingerprint density at radius 1 is 1.25 bits per heavy atom. The summed E-state index contributed by atoms with van der Waals surface area (Å²) in [7, 11) is -0.681. The fourth-order valence-electron chi connectivity index (χ4n) is 1.11. The summed E-state index contributed by atoms with van der Waals surface area (Å²) in [4.78, 5) is 11.3. The molecule has 6 nitrogen and oxygen atoms in total. The van der Waals surface area contributed by atoms with Gasteiger partial charge in [-0.3, -0.25) is 4.79 Å². The molecule has 0 aliphatic carbocycles. The highest BCUT2D eigenvalue weighted by molar-refractivity contribution is 7.86. The zero-order valence-corrected chi connectivity index (χ0v) is 11.1. The van der Waals surface area contributed by atoms with Gasteiger partial charge in [0.2, 0.25) is 0 Å². The third kappa shape index (κ3) is 4.46. The third-order valence-corrected chi connectivity index (χ3v) is 3.76. The van der Waals surface area contributed by atoms with E-state index in [2.05, 4.69) is 0 Å². The van der Waals surface area contributed by atoms with E-state index in [1.54, 1.807) is 6.92 Å². The molecular weight excluding hydrogens is 232 g/mol. The molecule has 0 radical (unpaired) electrons. The molecule has 0 heterocycles. The number of hydrogen-bond donors (Lipinski definition) is 0. The summed E-state index contributed by atoms with van der Waals surface area (Å²) in [6.07, 6.45) is 0.645. The van der Waals surface area contributed by atoms with E-state index >= 15 is 0 Å². The first-order valence-electron chi connectivity index (χ1n) is 5.19. The zero-order chi connectivity index (χ0) is 12.8. The Balaban J connectivity index is 4.68. The molecule has 16 heavy (non-hydrogen) atoms. The smallest absolute Gasteiger partial charge is 0.321 e. The van der Waals surface area contributed by atoms with Crippen molar-refractivity contribution in [1.82, 2.24) is 8.61 Å². The Kier molecular flexibility index (Phi) is 6.54. The van der Waals surface area contributed by atoms with E-state index < -0.39 is 16.2 Å². The van der Waals surface area contributed by atoms with Gasteiger partial charge >= 0.3 is 5.97 Å². The molecule has 0 atom stereocenters. The molecule has 0 aliphatic heterocycles. The van der Waals surface area contributed by atoms with Crippen LogP contribution in [0, 0.1) is 0 Å². The molecule has 0 aromatic heterocycles. The molecule has 0 saturated heterocycles. The van der Waals surface area contributed by atoms with Crippen LogP contribution in [0.4, 0.5) is 0 Å².